The molecule has 0 aliphatic carbocycles. The van der Waals surface area contributed by atoms with Gasteiger partial charge in [0.05, 0.1) is 12.4 Å². The number of ether oxygens (including phenoxy) is 1. The summed E-state index contributed by atoms with van der Waals surface area (Å²) in [5.74, 6) is 1.11. The Hall–Kier alpha value is -0.720. The molecule has 0 saturated carbocycles. The lowest BCUT2D eigenvalue weighted by Crippen LogP contribution is -1.90. The summed E-state index contributed by atoms with van der Waals surface area (Å²) in [5, 5.41) is 0. The topological polar surface area (TPSA) is 9.23 Å². The highest BCUT2D eigenvalue weighted by atomic mass is 16.5. The van der Waals surface area contributed by atoms with Crippen molar-refractivity contribution in [1.29, 1.82) is 0 Å². The third kappa shape index (κ3) is 5.71. The van der Waals surface area contributed by atoms with E-state index in [0.29, 0.717) is 0 Å². The van der Waals surface area contributed by atoms with E-state index in [4.69, 9.17) is 4.74 Å². The average molecular weight is 154 g/mol. The molecule has 0 aliphatic heterocycles. The highest BCUT2D eigenvalue weighted by Gasteiger charge is 1.93. The van der Waals surface area contributed by atoms with Gasteiger partial charge in [-0.2, -0.15) is 0 Å². The standard InChI is InChI=1S/C10H18O/c1-4-7-8-9-10(5-2)11-6-3/h4-5H,1,6-9H2,2-3H3/b10-5-. The molecule has 0 radical (unpaired) electrons. The summed E-state index contributed by atoms with van der Waals surface area (Å²) >= 11 is 0. The van der Waals surface area contributed by atoms with Crippen LogP contribution in [0.25, 0.3) is 0 Å². The molecule has 1 heteroatoms. The van der Waals surface area contributed by atoms with Gasteiger partial charge < -0.3 is 4.74 Å². The zero-order valence-electron chi connectivity index (χ0n) is 7.60. The number of rotatable bonds is 6. The first-order valence-corrected chi connectivity index (χ1v) is 4.24. The van der Waals surface area contributed by atoms with E-state index in [-0.39, 0.29) is 0 Å². The van der Waals surface area contributed by atoms with Gasteiger partial charge in [-0.05, 0) is 32.8 Å². The van der Waals surface area contributed by atoms with Crippen LogP contribution in [0.3, 0.4) is 0 Å². The van der Waals surface area contributed by atoms with E-state index < -0.39 is 0 Å². The van der Waals surface area contributed by atoms with Gasteiger partial charge in [0, 0.05) is 6.42 Å². The number of allylic oxidation sites excluding steroid dienone is 3. The fraction of sp³-hybridized carbons (Fsp3) is 0.600. The maximum Gasteiger partial charge on any atom is 0.0917 e. The molecule has 0 rings (SSSR count). The van der Waals surface area contributed by atoms with Crippen LogP contribution in [0.4, 0.5) is 0 Å². The van der Waals surface area contributed by atoms with Crippen molar-refractivity contribution >= 4 is 0 Å². The van der Waals surface area contributed by atoms with E-state index in [2.05, 4.69) is 6.58 Å². The van der Waals surface area contributed by atoms with Crippen LogP contribution in [0.2, 0.25) is 0 Å². The lowest BCUT2D eigenvalue weighted by molar-refractivity contribution is 0.216. The first-order valence-electron chi connectivity index (χ1n) is 4.24. The second-order valence-electron chi connectivity index (χ2n) is 2.37. The van der Waals surface area contributed by atoms with E-state index in [1.54, 1.807) is 0 Å². The minimum absolute atomic E-state index is 0.772. The van der Waals surface area contributed by atoms with Gasteiger partial charge in [-0.15, -0.1) is 6.58 Å². The van der Waals surface area contributed by atoms with Crippen LogP contribution < -0.4 is 0 Å². The molecule has 0 aromatic carbocycles. The van der Waals surface area contributed by atoms with Crippen molar-refractivity contribution in [1.82, 2.24) is 0 Å². The van der Waals surface area contributed by atoms with E-state index >= 15 is 0 Å². The van der Waals surface area contributed by atoms with Crippen LogP contribution in [0, 0.1) is 0 Å². The summed E-state index contributed by atoms with van der Waals surface area (Å²) in [5.41, 5.74) is 0. The maximum atomic E-state index is 5.36. The zero-order chi connectivity index (χ0) is 8.53. The molecule has 1 nitrogen and oxygen atoms in total. The van der Waals surface area contributed by atoms with E-state index in [0.717, 1.165) is 31.6 Å². The van der Waals surface area contributed by atoms with E-state index in [1.807, 2.05) is 26.0 Å². The van der Waals surface area contributed by atoms with Gasteiger partial charge in [-0.1, -0.05) is 6.08 Å². The van der Waals surface area contributed by atoms with Crippen molar-refractivity contribution in [2.24, 2.45) is 0 Å². The molecule has 0 spiro atoms. The molecule has 64 valence electrons. The summed E-state index contributed by atoms with van der Waals surface area (Å²) < 4.78 is 5.36. The highest BCUT2D eigenvalue weighted by Crippen LogP contribution is 2.08. The molecule has 0 aliphatic rings. The second-order valence-corrected chi connectivity index (χ2v) is 2.37. The van der Waals surface area contributed by atoms with Gasteiger partial charge in [-0.3, -0.25) is 0 Å². The molecule has 0 bridgehead atoms. The van der Waals surface area contributed by atoms with Crippen molar-refractivity contribution < 1.29 is 4.74 Å². The van der Waals surface area contributed by atoms with Crippen LogP contribution in [-0.2, 0) is 4.74 Å². The quantitative estimate of drug-likeness (QED) is 0.324. The van der Waals surface area contributed by atoms with Crippen molar-refractivity contribution in [3.05, 3.63) is 24.5 Å². The normalized spacial score (nSPS) is 11.3. The Balaban J connectivity index is 3.44. The van der Waals surface area contributed by atoms with E-state index in [9.17, 15) is 0 Å². The molecule has 0 amide bonds. The van der Waals surface area contributed by atoms with Crippen molar-refractivity contribution in [2.45, 2.75) is 33.1 Å². The third-order valence-corrected chi connectivity index (χ3v) is 1.48. The fourth-order valence-corrected chi connectivity index (χ4v) is 0.906. The summed E-state index contributed by atoms with van der Waals surface area (Å²) in [7, 11) is 0. The van der Waals surface area contributed by atoms with Crippen LogP contribution >= 0.6 is 0 Å². The smallest absolute Gasteiger partial charge is 0.0917 e. The molecule has 0 atom stereocenters. The number of unbranched alkanes of at least 4 members (excludes halogenated alkanes) is 1. The fourth-order valence-electron chi connectivity index (χ4n) is 0.906. The molecule has 11 heavy (non-hydrogen) atoms. The minimum atomic E-state index is 0.772. The summed E-state index contributed by atoms with van der Waals surface area (Å²) in [4.78, 5) is 0. The Bertz CT molecular complexity index is 125. The molecule has 0 N–H and O–H groups in total. The Morgan fingerprint density at radius 1 is 1.55 bits per heavy atom. The molecule has 0 fully saturated rings. The first kappa shape index (κ1) is 10.3. The van der Waals surface area contributed by atoms with Crippen LogP contribution in [0.5, 0.6) is 0 Å². The Morgan fingerprint density at radius 2 is 2.27 bits per heavy atom. The minimum Gasteiger partial charge on any atom is -0.499 e. The molecular formula is C10H18O. The van der Waals surface area contributed by atoms with Gasteiger partial charge in [0.1, 0.15) is 0 Å². The predicted molar refractivity (Wildman–Crippen MR) is 49.4 cm³/mol. The van der Waals surface area contributed by atoms with Crippen molar-refractivity contribution in [3.8, 4) is 0 Å². The molecule has 0 saturated heterocycles. The molecule has 0 heterocycles. The molecule has 0 aromatic heterocycles. The monoisotopic (exact) mass is 154 g/mol. The third-order valence-electron chi connectivity index (χ3n) is 1.48. The van der Waals surface area contributed by atoms with Gasteiger partial charge in [0.15, 0.2) is 0 Å². The summed E-state index contributed by atoms with van der Waals surface area (Å²) in [6.45, 7) is 8.46. The van der Waals surface area contributed by atoms with E-state index in [1.165, 1.54) is 0 Å². The molecule has 0 aromatic rings. The summed E-state index contributed by atoms with van der Waals surface area (Å²) in [6, 6.07) is 0. The van der Waals surface area contributed by atoms with Gasteiger partial charge in [-0.25, -0.2) is 0 Å². The summed E-state index contributed by atoms with van der Waals surface area (Å²) in [6.07, 6.45) is 7.23. The molecular weight excluding hydrogens is 136 g/mol. The zero-order valence-corrected chi connectivity index (χ0v) is 7.60. The Kier molecular flexibility index (Phi) is 6.90. The Labute approximate surface area is 69.8 Å². The van der Waals surface area contributed by atoms with Gasteiger partial charge in [0.2, 0.25) is 0 Å². The highest BCUT2D eigenvalue weighted by molar-refractivity contribution is 4.90. The predicted octanol–water partition coefficient (Wildman–Crippen LogP) is 3.28. The SMILES string of the molecule is C=CCCC/C(=C/C)OCC. The maximum absolute atomic E-state index is 5.36. The second kappa shape index (κ2) is 7.39. The largest absolute Gasteiger partial charge is 0.499 e. The number of hydrogen-bond acceptors (Lipinski definition) is 1. The number of hydrogen-bond donors (Lipinski definition) is 0. The van der Waals surface area contributed by atoms with Crippen LogP contribution in [0.1, 0.15) is 33.1 Å². The molecule has 0 unspecified atom stereocenters. The van der Waals surface area contributed by atoms with Crippen LogP contribution in [-0.4, -0.2) is 6.61 Å². The van der Waals surface area contributed by atoms with Crippen LogP contribution in [0.15, 0.2) is 24.5 Å². The average Bonchev–Trinajstić information content (AvgIpc) is 2.03. The lowest BCUT2D eigenvalue weighted by atomic mass is 10.2. The first-order chi connectivity index (χ1) is 5.35. The van der Waals surface area contributed by atoms with Gasteiger partial charge in [0.25, 0.3) is 0 Å². The lowest BCUT2D eigenvalue weighted by Gasteiger charge is -2.06. The van der Waals surface area contributed by atoms with Crippen molar-refractivity contribution in [2.75, 3.05) is 6.61 Å². The Morgan fingerprint density at radius 3 is 2.73 bits per heavy atom. The van der Waals surface area contributed by atoms with Crippen molar-refractivity contribution in [3.63, 3.8) is 0 Å². The van der Waals surface area contributed by atoms with Gasteiger partial charge >= 0.3 is 0 Å².